The highest BCUT2D eigenvalue weighted by Gasteiger charge is 2.22. The van der Waals surface area contributed by atoms with Gasteiger partial charge in [0.15, 0.2) is 0 Å². The van der Waals surface area contributed by atoms with Crippen molar-refractivity contribution in [1.82, 2.24) is 0 Å². The molecule has 1 aromatic carbocycles. The number of hydrogen-bond acceptors (Lipinski definition) is 4. The molecule has 0 N–H and O–H groups in total. The maximum absolute atomic E-state index is 5.51. The summed E-state index contributed by atoms with van der Waals surface area (Å²) in [6.45, 7) is 2.60. The van der Waals surface area contributed by atoms with E-state index in [4.69, 9.17) is 18.9 Å². The van der Waals surface area contributed by atoms with Crippen molar-refractivity contribution < 1.29 is 18.9 Å². The van der Waals surface area contributed by atoms with Gasteiger partial charge in [0.25, 0.3) is 0 Å². The van der Waals surface area contributed by atoms with Crippen LogP contribution in [0.3, 0.4) is 0 Å². The third-order valence-electron chi connectivity index (χ3n) is 2.22. The van der Waals surface area contributed by atoms with Gasteiger partial charge in [0, 0.05) is 7.11 Å². The lowest BCUT2D eigenvalue weighted by molar-refractivity contribution is 0.146. The summed E-state index contributed by atoms with van der Waals surface area (Å²) in [5.41, 5.74) is 0. The van der Waals surface area contributed by atoms with Crippen LogP contribution in [0.25, 0.3) is 0 Å². The second-order valence-corrected chi connectivity index (χ2v) is 3.58. The van der Waals surface area contributed by atoms with E-state index in [-0.39, 0.29) is 6.10 Å². The van der Waals surface area contributed by atoms with Crippen LogP contribution in [0.1, 0.15) is 0 Å². The highest BCUT2D eigenvalue weighted by Crippen LogP contribution is 2.19. The quantitative estimate of drug-likeness (QED) is 0.519. The van der Waals surface area contributed by atoms with Crippen molar-refractivity contribution in [1.29, 1.82) is 0 Å². The Balaban J connectivity index is 1.74. The molecule has 0 spiro atoms. The molecule has 0 aromatic heterocycles. The summed E-state index contributed by atoms with van der Waals surface area (Å²) in [4.78, 5) is 0. The molecule has 1 heterocycles. The first-order chi connectivity index (χ1) is 7.88. The van der Waals surface area contributed by atoms with Crippen molar-refractivity contribution >= 4 is 0 Å². The van der Waals surface area contributed by atoms with Crippen LogP contribution in [0.4, 0.5) is 0 Å². The van der Waals surface area contributed by atoms with Crippen molar-refractivity contribution in [2.45, 2.75) is 6.10 Å². The summed E-state index contributed by atoms with van der Waals surface area (Å²) in [5.74, 6) is 1.67. The molecule has 4 heteroatoms. The fraction of sp³-hybridized carbons (Fsp3) is 0.500. The molecule has 1 aliphatic rings. The lowest BCUT2D eigenvalue weighted by atomic mass is 10.3. The first-order valence-corrected chi connectivity index (χ1v) is 5.34. The molecule has 2 rings (SSSR count). The van der Waals surface area contributed by atoms with Gasteiger partial charge in [-0.1, -0.05) is 0 Å². The zero-order valence-electron chi connectivity index (χ0n) is 9.35. The molecule has 1 fully saturated rings. The smallest absolute Gasteiger partial charge is 0.119 e. The second kappa shape index (κ2) is 5.72. The van der Waals surface area contributed by atoms with E-state index in [2.05, 4.69) is 0 Å². The third-order valence-corrected chi connectivity index (χ3v) is 2.22. The average molecular weight is 224 g/mol. The molecule has 1 aromatic rings. The van der Waals surface area contributed by atoms with Crippen LogP contribution in [0.15, 0.2) is 24.3 Å². The topological polar surface area (TPSA) is 40.2 Å². The summed E-state index contributed by atoms with van der Waals surface area (Å²) >= 11 is 0. The molecule has 0 amide bonds. The van der Waals surface area contributed by atoms with Gasteiger partial charge in [-0.2, -0.15) is 0 Å². The average Bonchev–Trinajstić information content (AvgIpc) is 3.12. The van der Waals surface area contributed by atoms with Gasteiger partial charge in [0.2, 0.25) is 0 Å². The summed E-state index contributed by atoms with van der Waals surface area (Å²) in [5, 5.41) is 0. The number of ether oxygens (including phenoxy) is 4. The molecule has 16 heavy (non-hydrogen) atoms. The van der Waals surface area contributed by atoms with Gasteiger partial charge in [-0.05, 0) is 24.3 Å². The SMILES string of the molecule is COCCOc1ccc(OCC2CO2)cc1. The van der Waals surface area contributed by atoms with E-state index in [1.807, 2.05) is 24.3 Å². The standard InChI is InChI=1S/C12H16O4/c1-13-6-7-14-10-2-4-11(5-3-10)15-8-12-9-16-12/h2-5,12H,6-9H2,1H3. The molecule has 0 saturated carbocycles. The molecule has 1 atom stereocenters. The van der Waals surface area contributed by atoms with E-state index in [0.717, 1.165) is 18.1 Å². The van der Waals surface area contributed by atoms with Crippen LogP contribution in [0, 0.1) is 0 Å². The molecule has 1 aliphatic heterocycles. The van der Waals surface area contributed by atoms with Crippen LogP contribution >= 0.6 is 0 Å². The zero-order chi connectivity index (χ0) is 11.2. The van der Waals surface area contributed by atoms with Crippen molar-refractivity contribution in [2.75, 3.05) is 33.5 Å². The molecule has 1 saturated heterocycles. The van der Waals surface area contributed by atoms with Crippen molar-refractivity contribution in [3.8, 4) is 11.5 Å². The summed E-state index contributed by atoms with van der Waals surface area (Å²) < 4.78 is 20.9. The van der Waals surface area contributed by atoms with Gasteiger partial charge in [0.05, 0.1) is 13.2 Å². The van der Waals surface area contributed by atoms with E-state index in [1.54, 1.807) is 7.11 Å². The van der Waals surface area contributed by atoms with Crippen molar-refractivity contribution in [3.63, 3.8) is 0 Å². The lowest BCUT2D eigenvalue weighted by Crippen LogP contribution is -2.05. The van der Waals surface area contributed by atoms with Crippen LogP contribution in [0.5, 0.6) is 11.5 Å². The largest absolute Gasteiger partial charge is 0.491 e. The van der Waals surface area contributed by atoms with E-state index in [9.17, 15) is 0 Å². The van der Waals surface area contributed by atoms with Gasteiger partial charge in [-0.3, -0.25) is 0 Å². The Labute approximate surface area is 95.1 Å². The minimum Gasteiger partial charge on any atom is -0.491 e. The minimum atomic E-state index is 0.289. The molecule has 0 radical (unpaired) electrons. The fourth-order valence-electron chi connectivity index (χ4n) is 1.23. The Morgan fingerprint density at radius 1 is 1.12 bits per heavy atom. The first-order valence-electron chi connectivity index (χ1n) is 5.34. The van der Waals surface area contributed by atoms with E-state index in [1.165, 1.54) is 0 Å². The van der Waals surface area contributed by atoms with Crippen molar-refractivity contribution in [3.05, 3.63) is 24.3 Å². The van der Waals surface area contributed by atoms with E-state index in [0.29, 0.717) is 19.8 Å². The molecule has 88 valence electrons. The van der Waals surface area contributed by atoms with E-state index < -0.39 is 0 Å². The predicted molar refractivity (Wildman–Crippen MR) is 59.0 cm³/mol. The number of benzene rings is 1. The number of epoxide rings is 1. The normalized spacial score (nSPS) is 18.2. The molecular weight excluding hydrogens is 208 g/mol. The van der Waals surface area contributed by atoms with Gasteiger partial charge >= 0.3 is 0 Å². The van der Waals surface area contributed by atoms with Gasteiger partial charge in [-0.15, -0.1) is 0 Å². The van der Waals surface area contributed by atoms with Crippen LogP contribution in [0.2, 0.25) is 0 Å². The lowest BCUT2D eigenvalue weighted by Gasteiger charge is -2.07. The van der Waals surface area contributed by atoms with Gasteiger partial charge < -0.3 is 18.9 Å². The van der Waals surface area contributed by atoms with E-state index >= 15 is 0 Å². The Hall–Kier alpha value is -1.26. The highest BCUT2D eigenvalue weighted by molar-refractivity contribution is 5.31. The minimum absolute atomic E-state index is 0.289. The third kappa shape index (κ3) is 3.72. The molecule has 0 bridgehead atoms. The maximum atomic E-state index is 5.51. The number of hydrogen-bond donors (Lipinski definition) is 0. The molecule has 1 unspecified atom stereocenters. The number of rotatable bonds is 7. The van der Waals surface area contributed by atoms with Crippen LogP contribution in [-0.2, 0) is 9.47 Å². The Kier molecular flexibility index (Phi) is 4.02. The summed E-state index contributed by atoms with van der Waals surface area (Å²) in [6.07, 6.45) is 0.289. The Bertz CT molecular complexity index is 305. The molecule has 4 nitrogen and oxygen atoms in total. The molecule has 0 aliphatic carbocycles. The fourth-order valence-corrected chi connectivity index (χ4v) is 1.23. The van der Waals surface area contributed by atoms with Gasteiger partial charge in [0.1, 0.15) is 30.8 Å². The Morgan fingerprint density at radius 3 is 2.31 bits per heavy atom. The van der Waals surface area contributed by atoms with Gasteiger partial charge in [-0.25, -0.2) is 0 Å². The van der Waals surface area contributed by atoms with Crippen LogP contribution in [-0.4, -0.2) is 39.6 Å². The summed E-state index contributed by atoms with van der Waals surface area (Å²) in [6, 6.07) is 7.56. The van der Waals surface area contributed by atoms with Crippen LogP contribution < -0.4 is 9.47 Å². The highest BCUT2D eigenvalue weighted by atomic mass is 16.6. The monoisotopic (exact) mass is 224 g/mol. The first kappa shape index (κ1) is 11.2. The predicted octanol–water partition coefficient (Wildman–Crippen LogP) is 1.49. The zero-order valence-corrected chi connectivity index (χ0v) is 9.35. The van der Waals surface area contributed by atoms with Crippen molar-refractivity contribution in [2.24, 2.45) is 0 Å². The number of methoxy groups -OCH3 is 1. The Morgan fingerprint density at radius 2 is 1.75 bits per heavy atom. The second-order valence-electron chi connectivity index (χ2n) is 3.58. The maximum Gasteiger partial charge on any atom is 0.119 e. The molecular formula is C12H16O4. The summed E-state index contributed by atoms with van der Waals surface area (Å²) in [7, 11) is 1.65.